The van der Waals surface area contributed by atoms with Gasteiger partial charge in [0.25, 0.3) is 0 Å². The normalized spacial score (nSPS) is 12.3. The molecule has 7 heteroatoms. The SMILES string of the molecule is CC(C(=O)NC(C)(C)C)N(Cc1ccccc1F)C(=O)CSCc1ccc(Br)cc1. The monoisotopic (exact) mass is 494 g/mol. The molecule has 0 spiro atoms. The number of hydrogen-bond donors (Lipinski definition) is 1. The Morgan fingerprint density at radius 3 is 2.37 bits per heavy atom. The Kier molecular flexibility index (Phi) is 8.92. The van der Waals surface area contributed by atoms with Crippen LogP contribution in [0.15, 0.2) is 53.0 Å². The highest BCUT2D eigenvalue weighted by Crippen LogP contribution is 2.19. The first-order valence-corrected chi connectivity index (χ1v) is 11.7. The highest BCUT2D eigenvalue weighted by atomic mass is 79.9. The minimum atomic E-state index is -0.718. The second-order valence-corrected chi connectivity index (χ2v) is 10.0. The minimum absolute atomic E-state index is 0.0447. The number of carbonyl (C=O) groups excluding carboxylic acids is 2. The van der Waals surface area contributed by atoms with Crippen molar-refractivity contribution in [3.8, 4) is 0 Å². The maximum Gasteiger partial charge on any atom is 0.242 e. The average Bonchev–Trinajstić information content (AvgIpc) is 2.67. The summed E-state index contributed by atoms with van der Waals surface area (Å²) in [7, 11) is 0. The van der Waals surface area contributed by atoms with Crippen LogP contribution < -0.4 is 5.32 Å². The molecule has 0 heterocycles. The summed E-state index contributed by atoms with van der Waals surface area (Å²) in [6.45, 7) is 7.38. The molecule has 0 radical (unpaired) electrons. The van der Waals surface area contributed by atoms with Crippen molar-refractivity contribution in [1.29, 1.82) is 0 Å². The van der Waals surface area contributed by atoms with E-state index in [0.717, 1.165) is 10.0 Å². The molecule has 2 rings (SSSR count). The molecule has 0 saturated heterocycles. The van der Waals surface area contributed by atoms with Crippen molar-refractivity contribution in [3.63, 3.8) is 0 Å². The van der Waals surface area contributed by atoms with E-state index in [1.54, 1.807) is 25.1 Å². The van der Waals surface area contributed by atoms with Crippen LogP contribution in [0.1, 0.15) is 38.8 Å². The van der Waals surface area contributed by atoms with Gasteiger partial charge in [0.2, 0.25) is 11.8 Å². The van der Waals surface area contributed by atoms with E-state index in [1.807, 2.05) is 45.0 Å². The smallest absolute Gasteiger partial charge is 0.242 e. The number of rotatable bonds is 8. The van der Waals surface area contributed by atoms with E-state index in [2.05, 4.69) is 21.2 Å². The summed E-state index contributed by atoms with van der Waals surface area (Å²) in [6.07, 6.45) is 0. The van der Waals surface area contributed by atoms with Crippen LogP contribution in [0.4, 0.5) is 4.39 Å². The summed E-state index contributed by atoms with van der Waals surface area (Å²) in [6, 6.07) is 13.5. The Morgan fingerprint density at radius 2 is 1.77 bits per heavy atom. The first-order valence-electron chi connectivity index (χ1n) is 9.74. The third kappa shape index (κ3) is 7.76. The van der Waals surface area contributed by atoms with Gasteiger partial charge in [-0.25, -0.2) is 4.39 Å². The summed E-state index contributed by atoms with van der Waals surface area (Å²) < 4.78 is 15.2. The van der Waals surface area contributed by atoms with Gasteiger partial charge in [-0.1, -0.05) is 46.3 Å². The highest BCUT2D eigenvalue weighted by molar-refractivity contribution is 9.10. The first kappa shape index (κ1) is 24.4. The predicted molar refractivity (Wildman–Crippen MR) is 125 cm³/mol. The molecule has 0 aliphatic carbocycles. The molecule has 2 aromatic rings. The fourth-order valence-corrected chi connectivity index (χ4v) is 3.92. The molecule has 162 valence electrons. The Morgan fingerprint density at radius 1 is 1.13 bits per heavy atom. The summed E-state index contributed by atoms with van der Waals surface area (Å²) in [5.41, 5.74) is 1.07. The molecule has 0 aliphatic rings. The molecule has 30 heavy (non-hydrogen) atoms. The van der Waals surface area contributed by atoms with Crippen LogP contribution in [0.25, 0.3) is 0 Å². The fourth-order valence-electron chi connectivity index (χ4n) is 2.79. The van der Waals surface area contributed by atoms with Crippen LogP contribution in [-0.4, -0.2) is 34.0 Å². The molecule has 1 unspecified atom stereocenters. The molecular formula is C23H28BrFN2O2S. The van der Waals surface area contributed by atoms with E-state index in [4.69, 9.17) is 0 Å². The van der Waals surface area contributed by atoms with Crippen molar-refractivity contribution in [2.45, 2.75) is 51.6 Å². The van der Waals surface area contributed by atoms with Gasteiger partial charge in [-0.05, 0) is 51.5 Å². The Balaban J connectivity index is 2.10. The molecule has 0 aliphatic heterocycles. The number of thioether (sulfide) groups is 1. The Hall–Kier alpha value is -1.86. The summed E-state index contributed by atoms with van der Waals surface area (Å²) in [5.74, 6) is 0.0375. The van der Waals surface area contributed by atoms with Crippen molar-refractivity contribution < 1.29 is 14.0 Å². The average molecular weight is 495 g/mol. The predicted octanol–water partition coefficient (Wildman–Crippen LogP) is 5.15. The second-order valence-electron chi connectivity index (χ2n) is 8.15. The van der Waals surface area contributed by atoms with Crippen molar-refractivity contribution in [1.82, 2.24) is 10.2 Å². The van der Waals surface area contributed by atoms with Crippen molar-refractivity contribution in [3.05, 3.63) is 69.9 Å². The molecule has 0 saturated carbocycles. The largest absolute Gasteiger partial charge is 0.350 e. The van der Waals surface area contributed by atoms with Gasteiger partial charge in [0, 0.05) is 27.9 Å². The fraction of sp³-hybridized carbons (Fsp3) is 0.391. The summed E-state index contributed by atoms with van der Waals surface area (Å²) >= 11 is 4.88. The van der Waals surface area contributed by atoms with Gasteiger partial charge in [0.05, 0.1) is 5.75 Å². The second kappa shape index (κ2) is 11.0. The first-order chi connectivity index (χ1) is 14.1. The van der Waals surface area contributed by atoms with Crippen LogP contribution in [0.3, 0.4) is 0 Å². The van der Waals surface area contributed by atoms with Crippen LogP contribution in [0.2, 0.25) is 0 Å². The van der Waals surface area contributed by atoms with Crippen LogP contribution in [0, 0.1) is 5.82 Å². The van der Waals surface area contributed by atoms with Gasteiger partial charge in [-0.3, -0.25) is 9.59 Å². The third-order valence-corrected chi connectivity index (χ3v) is 5.89. The third-order valence-electron chi connectivity index (χ3n) is 4.37. The molecule has 2 amide bonds. The van der Waals surface area contributed by atoms with Gasteiger partial charge in [0.1, 0.15) is 11.9 Å². The van der Waals surface area contributed by atoms with Crippen LogP contribution >= 0.6 is 27.7 Å². The maximum atomic E-state index is 14.2. The van der Waals surface area contributed by atoms with E-state index in [9.17, 15) is 14.0 Å². The van der Waals surface area contributed by atoms with E-state index < -0.39 is 11.6 Å². The van der Waals surface area contributed by atoms with Gasteiger partial charge in [-0.2, -0.15) is 0 Å². The number of carbonyl (C=O) groups is 2. The zero-order valence-corrected chi connectivity index (χ0v) is 20.1. The minimum Gasteiger partial charge on any atom is -0.350 e. The number of halogens is 2. The van der Waals surface area contributed by atoms with E-state index in [1.165, 1.54) is 22.7 Å². The zero-order valence-electron chi connectivity index (χ0n) is 17.7. The standard InChI is InChI=1S/C23H28BrFN2O2S/c1-16(22(29)26-23(2,3)4)27(13-18-7-5-6-8-20(18)25)21(28)15-30-14-17-9-11-19(24)12-10-17/h5-12,16H,13-15H2,1-4H3,(H,26,29). The lowest BCUT2D eigenvalue weighted by Gasteiger charge is -2.31. The summed E-state index contributed by atoms with van der Waals surface area (Å²) in [5, 5.41) is 2.90. The zero-order chi connectivity index (χ0) is 22.3. The van der Waals surface area contributed by atoms with Gasteiger partial charge >= 0.3 is 0 Å². The van der Waals surface area contributed by atoms with Gasteiger partial charge in [0.15, 0.2) is 0 Å². The lowest BCUT2D eigenvalue weighted by atomic mass is 10.1. The van der Waals surface area contributed by atoms with Crippen LogP contribution in [0.5, 0.6) is 0 Å². The van der Waals surface area contributed by atoms with Crippen molar-refractivity contribution in [2.24, 2.45) is 0 Å². The molecule has 4 nitrogen and oxygen atoms in total. The topological polar surface area (TPSA) is 49.4 Å². The molecule has 2 aromatic carbocycles. The lowest BCUT2D eigenvalue weighted by molar-refractivity contribution is -0.139. The number of hydrogen-bond acceptors (Lipinski definition) is 3. The van der Waals surface area contributed by atoms with Crippen molar-refractivity contribution >= 4 is 39.5 Å². The Labute approximate surface area is 190 Å². The molecule has 0 fully saturated rings. The molecular weight excluding hydrogens is 467 g/mol. The molecule has 1 atom stereocenters. The van der Waals surface area contributed by atoms with E-state index in [0.29, 0.717) is 11.3 Å². The molecule has 0 aromatic heterocycles. The lowest BCUT2D eigenvalue weighted by Crippen LogP contribution is -2.52. The van der Waals surface area contributed by atoms with E-state index in [-0.39, 0.29) is 29.9 Å². The molecule has 0 bridgehead atoms. The number of amides is 2. The van der Waals surface area contributed by atoms with Gasteiger partial charge in [-0.15, -0.1) is 11.8 Å². The number of nitrogens with zero attached hydrogens (tertiary/aromatic N) is 1. The van der Waals surface area contributed by atoms with E-state index >= 15 is 0 Å². The summed E-state index contributed by atoms with van der Waals surface area (Å²) in [4.78, 5) is 27.2. The molecule has 1 N–H and O–H groups in total. The highest BCUT2D eigenvalue weighted by Gasteiger charge is 2.28. The quantitative estimate of drug-likeness (QED) is 0.551. The van der Waals surface area contributed by atoms with Crippen molar-refractivity contribution in [2.75, 3.05) is 5.75 Å². The number of benzene rings is 2. The maximum absolute atomic E-state index is 14.2. The van der Waals surface area contributed by atoms with Gasteiger partial charge < -0.3 is 10.2 Å². The Bertz CT molecular complexity index is 868. The number of nitrogens with one attached hydrogen (secondary N) is 1. The van der Waals surface area contributed by atoms with Crippen LogP contribution in [-0.2, 0) is 21.9 Å².